The smallest absolute Gasteiger partial charge is 0.338 e. The summed E-state index contributed by atoms with van der Waals surface area (Å²) in [7, 11) is 0. The molecule has 0 unspecified atom stereocenters. The molecule has 1 aliphatic heterocycles. The van der Waals surface area contributed by atoms with Crippen LogP contribution in [-0.2, 0) is 14.3 Å². The molecule has 0 bridgehead atoms. The van der Waals surface area contributed by atoms with E-state index < -0.39 is 5.97 Å². The quantitative estimate of drug-likeness (QED) is 0.808. The minimum absolute atomic E-state index is 0.0734. The molecule has 1 aromatic carbocycles. The summed E-state index contributed by atoms with van der Waals surface area (Å²) in [6.07, 6.45) is 1.26. The molecule has 0 fully saturated rings. The second-order valence-corrected chi connectivity index (χ2v) is 5.92. The molecule has 2 N–H and O–H groups in total. The fraction of sp³-hybridized carbons (Fsp3) is 0.400. The van der Waals surface area contributed by atoms with Crippen LogP contribution < -0.4 is 10.6 Å². The Morgan fingerprint density at radius 3 is 3.00 bits per heavy atom. The van der Waals surface area contributed by atoms with Gasteiger partial charge in [-0.05, 0) is 24.6 Å². The molecule has 0 radical (unpaired) electrons. The molecular weight excluding hydrogens is 304 g/mol. The Morgan fingerprint density at radius 2 is 2.23 bits per heavy atom. The van der Waals surface area contributed by atoms with Crippen molar-refractivity contribution in [1.29, 1.82) is 0 Å². The highest BCUT2D eigenvalue weighted by atomic mass is 32.2. The number of anilines is 1. The van der Waals surface area contributed by atoms with Crippen molar-refractivity contribution >= 4 is 35.2 Å². The van der Waals surface area contributed by atoms with E-state index >= 15 is 0 Å². The highest BCUT2D eigenvalue weighted by Crippen LogP contribution is 2.31. The van der Waals surface area contributed by atoms with Crippen molar-refractivity contribution in [2.75, 3.05) is 24.2 Å². The summed E-state index contributed by atoms with van der Waals surface area (Å²) in [6, 6.07) is 4.99. The van der Waals surface area contributed by atoms with E-state index in [1.54, 1.807) is 30.0 Å². The molecule has 0 atom stereocenters. The molecule has 0 saturated carbocycles. The number of amides is 2. The summed E-state index contributed by atoms with van der Waals surface area (Å²) in [5.41, 5.74) is 0.919. The van der Waals surface area contributed by atoms with Crippen molar-refractivity contribution in [3.8, 4) is 0 Å². The number of hydrogen-bond acceptors (Lipinski definition) is 5. The molecule has 1 heterocycles. The first-order valence-corrected chi connectivity index (χ1v) is 8.09. The van der Waals surface area contributed by atoms with Gasteiger partial charge in [0.05, 0.1) is 11.3 Å². The molecule has 0 saturated heterocycles. The molecule has 0 aliphatic carbocycles. The monoisotopic (exact) mass is 322 g/mol. The molecule has 1 aliphatic rings. The summed E-state index contributed by atoms with van der Waals surface area (Å²) in [4.78, 5) is 35.8. The Bertz CT molecular complexity index is 589. The van der Waals surface area contributed by atoms with Crippen LogP contribution in [0.4, 0.5) is 5.69 Å². The van der Waals surface area contributed by atoms with E-state index in [9.17, 15) is 14.4 Å². The first-order chi connectivity index (χ1) is 10.6. The maximum Gasteiger partial charge on any atom is 0.338 e. The van der Waals surface area contributed by atoms with E-state index in [0.29, 0.717) is 30.0 Å². The third-order valence-corrected chi connectivity index (χ3v) is 4.06. The van der Waals surface area contributed by atoms with E-state index in [4.69, 9.17) is 4.74 Å². The van der Waals surface area contributed by atoms with Crippen molar-refractivity contribution < 1.29 is 19.1 Å². The van der Waals surface area contributed by atoms with Crippen LogP contribution in [0.3, 0.4) is 0 Å². The van der Waals surface area contributed by atoms with Crippen LogP contribution in [-0.4, -0.2) is 36.7 Å². The Morgan fingerprint density at radius 1 is 1.41 bits per heavy atom. The van der Waals surface area contributed by atoms with E-state index in [1.807, 2.05) is 6.92 Å². The number of nitrogens with one attached hydrogen (secondary N) is 2. The lowest BCUT2D eigenvalue weighted by molar-refractivity contribution is -0.124. The number of benzene rings is 1. The number of carbonyl (C=O) groups is 3. The van der Waals surface area contributed by atoms with Crippen LogP contribution >= 0.6 is 11.8 Å². The predicted octanol–water partition coefficient (Wildman–Crippen LogP) is 1.80. The lowest BCUT2D eigenvalue weighted by atomic mass is 10.2. The van der Waals surface area contributed by atoms with Crippen molar-refractivity contribution in [2.45, 2.75) is 24.7 Å². The first-order valence-electron chi connectivity index (χ1n) is 7.10. The molecule has 2 rings (SSSR count). The van der Waals surface area contributed by atoms with Gasteiger partial charge >= 0.3 is 5.97 Å². The van der Waals surface area contributed by atoms with Gasteiger partial charge in [-0.2, -0.15) is 0 Å². The van der Waals surface area contributed by atoms with Crippen molar-refractivity contribution in [1.82, 2.24) is 5.32 Å². The highest BCUT2D eigenvalue weighted by Gasteiger charge is 2.17. The van der Waals surface area contributed by atoms with Gasteiger partial charge in [-0.25, -0.2) is 4.79 Å². The third kappa shape index (κ3) is 4.49. The van der Waals surface area contributed by atoms with Crippen molar-refractivity contribution in [3.05, 3.63) is 23.8 Å². The summed E-state index contributed by atoms with van der Waals surface area (Å²) in [5.74, 6) is -0.275. The third-order valence-electron chi connectivity index (χ3n) is 2.98. The van der Waals surface area contributed by atoms with Gasteiger partial charge in [0.1, 0.15) is 0 Å². The minimum Gasteiger partial charge on any atom is -0.452 e. The Labute approximate surface area is 133 Å². The van der Waals surface area contributed by atoms with Crippen LogP contribution in [0.2, 0.25) is 0 Å². The average molecular weight is 322 g/mol. The Hall–Kier alpha value is -2.02. The first kappa shape index (κ1) is 16.4. The van der Waals surface area contributed by atoms with Crippen LogP contribution in [0.15, 0.2) is 23.1 Å². The number of ether oxygens (including phenoxy) is 1. The lowest BCUT2D eigenvalue weighted by Crippen LogP contribution is -2.29. The van der Waals surface area contributed by atoms with Crippen LogP contribution in [0.25, 0.3) is 0 Å². The normalized spacial score (nSPS) is 13.6. The van der Waals surface area contributed by atoms with Crippen LogP contribution in [0.5, 0.6) is 0 Å². The molecular formula is C15H18N2O4S. The zero-order valence-corrected chi connectivity index (χ0v) is 13.1. The molecule has 0 aromatic heterocycles. The zero-order chi connectivity index (χ0) is 15.9. The number of thioether (sulfide) groups is 1. The summed E-state index contributed by atoms with van der Waals surface area (Å²) >= 11 is 1.56. The summed E-state index contributed by atoms with van der Waals surface area (Å²) < 4.78 is 4.97. The van der Waals surface area contributed by atoms with Gasteiger partial charge < -0.3 is 15.4 Å². The molecule has 2 amide bonds. The maximum atomic E-state index is 12.0. The number of fused-ring (bicyclic) bond motifs is 1. The average Bonchev–Trinajstić information content (AvgIpc) is 2.70. The number of hydrogen-bond donors (Lipinski definition) is 2. The van der Waals surface area contributed by atoms with E-state index in [2.05, 4.69) is 10.6 Å². The molecule has 22 heavy (non-hydrogen) atoms. The molecule has 118 valence electrons. The number of carbonyl (C=O) groups excluding carboxylic acids is 3. The Balaban J connectivity index is 1.99. The molecule has 6 nitrogen and oxygen atoms in total. The van der Waals surface area contributed by atoms with Gasteiger partial charge in [-0.3, -0.25) is 9.59 Å². The molecule has 1 aromatic rings. The van der Waals surface area contributed by atoms with Crippen LogP contribution in [0.1, 0.15) is 30.1 Å². The van der Waals surface area contributed by atoms with Gasteiger partial charge in [0.2, 0.25) is 5.91 Å². The standard InChI is InChI=1S/C15H18N2O4S/c1-2-6-16-14(19)9-21-15(20)10-3-4-12-11(8-10)17-13(18)5-7-22-12/h3-4,8H,2,5-7,9H2,1H3,(H,16,19)(H,17,18). The molecule has 0 spiro atoms. The van der Waals surface area contributed by atoms with E-state index in [-0.39, 0.29) is 18.4 Å². The second kappa shape index (κ2) is 7.84. The van der Waals surface area contributed by atoms with Gasteiger partial charge in [-0.1, -0.05) is 6.92 Å². The van der Waals surface area contributed by atoms with Crippen LogP contribution in [0, 0.1) is 0 Å². The second-order valence-electron chi connectivity index (χ2n) is 4.78. The van der Waals surface area contributed by atoms with Gasteiger partial charge in [-0.15, -0.1) is 11.8 Å². The van der Waals surface area contributed by atoms with E-state index in [0.717, 1.165) is 11.3 Å². The fourth-order valence-corrected chi connectivity index (χ4v) is 2.81. The van der Waals surface area contributed by atoms with Gasteiger partial charge in [0, 0.05) is 23.6 Å². The number of rotatable bonds is 5. The van der Waals surface area contributed by atoms with Crippen molar-refractivity contribution in [3.63, 3.8) is 0 Å². The highest BCUT2D eigenvalue weighted by molar-refractivity contribution is 7.99. The van der Waals surface area contributed by atoms with Gasteiger partial charge in [0.25, 0.3) is 5.91 Å². The predicted molar refractivity (Wildman–Crippen MR) is 84.0 cm³/mol. The summed E-state index contributed by atoms with van der Waals surface area (Å²) in [6.45, 7) is 2.18. The SMILES string of the molecule is CCCNC(=O)COC(=O)c1ccc2c(c1)NC(=O)CCS2. The van der Waals surface area contributed by atoms with Crippen molar-refractivity contribution in [2.24, 2.45) is 0 Å². The lowest BCUT2D eigenvalue weighted by Gasteiger charge is -2.09. The maximum absolute atomic E-state index is 12.0. The topological polar surface area (TPSA) is 84.5 Å². The molecule has 7 heteroatoms. The Kier molecular flexibility index (Phi) is 5.83. The van der Waals surface area contributed by atoms with E-state index in [1.165, 1.54) is 0 Å². The zero-order valence-electron chi connectivity index (χ0n) is 12.3. The summed E-state index contributed by atoms with van der Waals surface area (Å²) in [5, 5.41) is 5.39. The number of esters is 1. The fourth-order valence-electron chi connectivity index (χ4n) is 1.88. The van der Waals surface area contributed by atoms with Gasteiger partial charge in [0.15, 0.2) is 6.61 Å². The minimum atomic E-state index is -0.585. The largest absolute Gasteiger partial charge is 0.452 e.